The Morgan fingerprint density at radius 2 is 0.970 bits per heavy atom. The molecule has 0 unspecified atom stereocenters. The first kappa shape index (κ1) is 22.7. The second-order valence-electron chi connectivity index (χ2n) is 7.65. The quantitative estimate of drug-likeness (QED) is 0.525. The molecule has 0 aromatic heterocycles. The van der Waals surface area contributed by atoms with Gasteiger partial charge in [0.05, 0.1) is 21.2 Å². The van der Waals surface area contributed by atoms with E-state index in [-0.39, 0.29) is 16.2 Å². The van der Waals surface area contributed by atoms with E-state index in [1.165, 1.54) is 24.3 Å². The topological polar surface area (TPSA) is 117 Å². The fourth-order valence-corrected chi connectivity index (χ4v) is 4.97. The van der Waals surface area contributed by atoms with Gasteiger partial charge in [0, 0.05) is 17.5 Å². The minimum Gasteiger partial charge on any atom is -0.200 e. The molecule has 1 aliphatic rings. The number of hydrogen-bond acceptors (Lipinski definition) is 6. The molecule has 0 aliphatic heterocycles. The van der Waals surface area contributed by atoms with Crippen molar-refractivity contribution < 1.29 is 16.8 Å². The third kappa shape index (κ3) is 4.96. The Kier molecular flexibility index (Phi) is 6.05. The molecule has 170 valence electrons. The summed E-state index contributed by atoms with van der Waals surface area (Å²) in [5.74, 6) is 0. The predicted molar refractivity (Wildman–Crippen MR) is 127 cm³/mol. The number of benzene rings is 3. The number of hydrazone groups is 2. The fraction of sp³-hybridized carbons (Fsp3) is 0.130. The van der Waals surface area contributed by atoms with E-state index in [2.05, 4.69) is 19.9 Å². The van der Waals surface area contributed by atoms with Crippen molar-refractivity contribution in [1.82, 2.24) is 9.66 Å². The van der Waals surface area contributed by atoms with Crippen LogP contribution in [0, 0.1) is 13.8 Å². The van der Waals surface area contributed by atoms with E-state index in [9.17, 15) is 16.8 Å². The largest absolute Gasteiger partial charge is 0.276 e. The van der Waals surface area contributed by atoms with Crippen LogP contribution in [-0.2, 0) is 20.0 Å². The summed E-state index contributed by atoms with van der Waals surface area (Å²) >= 11 is 0. The summed E-state index contributed by atoms with van der Waals surface area (Å²) < 4.78 is 50.4. The first-order valence-electron chi connectivity index (χ1n) is 10.1. The lowest BCUT2D eigenvalue weighted by atomic mass is 10.1. The Labute approximate surface area is 193 Å². The van der Waals surface area contributed by atoms with Gasteiger partial charge in [-0.25, -0.2) is 0 Å². The molecule has 10 heteroatoms. The van der Waals surface area contributed by atoms with E-state index < -0.39 is 20.0 Å². The van der Waals surface area contributed by atoms with Crippen LogP contribution in [-0.4, -0.2) is 28.3 Å². The standard InChI is InChI=1S/C23H22N4O4S2/c1-16-7-11-18(12-8-16)32(28,29)26-24-22-15-23(21-6-4-3-5-20(21)22)25-27-33(30,31)19-13-9-17(2)10-14-19/h3-14,26-27H,15H2,1-2H3/b24-22-,25-23+. The van der Waals surface area contributed by atoms with Gasteiger partial charge in [-0.15, -0.1) is 0 Å². The summed E-state index contributed by atoms with van der Waals surface area (Å²) in [5, 5.41) is 8.24. The maximum Gasteiger partial charge on any atom is 0.276 e. The molecule has 0 heterocycles. The third-order valence-electron chi connectivity index (χ3n) is 5.15. The maximum atomic E-state index is 12.6. The van der Waals surface area contributed by atoms with Gasteiger partial charge in [-0.05, 0) is 38.1 Å². The van der Waals surface area contributed by atoms with Crippen molar-refractivity contribution in [2.75, 3.05) is 0 Å². The molecule has 8 nitrogen and oxygen atoms in total. The SMILES string of the molecule is Cc1ccc(S(=O)(=O)N/N=C2/C/C(=N\NS(=O)(=O)c3ccc(C)cc3)c3ccccc32)cc1. The van der Waals surface area contributed by atoms with Gasteiger partial charge >= 0.3 is 0 Å². The average molecular weight is 483 g/mol. The van der Waals surface area contributed by atoms with Crippen molar-refractivity contribution >= 4 is 31.5 Å². The molecular formula is C23H22N4O4S2. The van der Waals surface area contributed by atoms with Gasteiger partial charge in [0.25, 0.3) is 20.0 Å². The van der Waals surface area contributed by atoms with Gasteiger partial charge < -0.3 is 0 Å². The summed E-state index contributed by atoms with van der Waals surface area (Å²) in [6, 6.07) is 20.0. The Morgan fingerprint density at radius 3 is 1.33 bits per heavy atom. The van der Waals surface area contributed by atoms with Crippen molar-refractivity contribution in [2.45, 2.75) is 30.1 Å². The van der Waals surface area contributed by atoms with E-state index in [4.69, 9.17) is 0 Å². The zero-order valence-corrected chi connectivity index (χ0v) is 19.6. The number of nitrogens with one attached hydrogen (secondary N) is 2. The number of aryl methyl sites for hydroxylation is 2. The van der Waals surface area contributed by atoms with Crippen LogP contribution in [0.5, 0.6) is 0 Å². The first-order chi connectivity index (χ1) is 15.7. The van der Waals surface area contributed by atoms with Crippen molar-refractivity contribution in [3.05, 3.63) is 95.1 Å². The predicted octanol–water partition coefficient (Wildman–Crippen LogP) is 3.07. The molecule has 0 spiro atoms. The monoisotopic (exact) mass is 482 g/mol. The average Bonchev–Trinajstić information content (AvgIpc) is 3.15. The van der Waals surface area contributed by atoms with Gasteiger partial charge in [-0.1, -0.05) is 59.7 Å². The highest BCUT2D eigenvalue weighted by atomic mass is 32.2. The molecule has 3 aromatic rings. The lowest BCUT2D eigenvalue weighted by Crippen LogP contribution is -2.21. The normalized spacial score (nSPS) is 16.1. The molecule has 1 aliphatic carbocycles. The van der Waals surface area contributed by atoms with E-state index in [0.717, 1.165) is 11.1 Å². The van der Waals surface area contributed by atoms with E-state index in [0.29, 0.717) is 22.6 Å². The maximum absolute atomic E-state index is 12.6. The minimum absolute atomic E-state index is 0.100. The molecule has 0 radical (unpaired) electrons. The second kappa shape index (κ2) is 8.80. The number of fused-ring (bicyclic) bond motifs is 1. The summed E-state index contributed by atoms with van der Waals surface area (Å²) in [5.41, 5.74) is 4.12. The molecule has 3 aromatic carbocycles. The van der Waals surface area contributed by atoms with Crippen LogP contribution in [0.15, 0.2) is 92.8 Å². The molecule has 0 saturated carbocycles. The molecule has 4 rings (SSSR count). The zero-order valence-electron chi connectivity index (χ0n) is 18.0. The lowest BCUT2D eigenvalue weighted by Gasteiger charge is -2.05. The summed E-state index contributed by atoms with van der Waals surface area (Å²) in [6.45, 7) is 3.74. The molecule has 0 atom stereocenters. The highest BCUT2D eigenvalue weighted by Gasteiger charge is 2.25. The van der Waals surface area contributed by atoms with E-state index in [1.54, 1.807) is 48.5 Å². The molecular weight excluding hydrogens is 460 g/mol. The lowest BCUT2D eigenvalue weighted by molar-refractivity contribution is 0.583. The number of rotatable bonds is 6. The summed E-state index contributed by atoms with van der Waals surface area (Å²) in [7, 11) is -7.70. The van der Waals surface area contributed by atoms with Gasteiger partial charge in [-0.2, -0.15) is 36.7 Å². The van der Waals surface area contributed by atoms with E-state index in [1.807, 2.05) is 13.8 Å². The summed E-state index contributed by atoms with van der Waals surface area (Å²) in [4.78, 5) is 4.74. The van der Waals surface area contributed by atoms with Crippen LogP contribution < -0.4 is 9.66 Å². The van der Waals surface area contributed by atoms with Crippen molar-refractivity contribution in [3.63, 3.8) is 0 Å². The van der Waals surface area contributed by atoms with Crippen molar-refractivity contribution in [1.29, 1.82) is 0 Å². The van der Waals surface area contributed by atoms with Crippen LogP contribution in [0.2, 0.25) is 0 Å². The zero-order chi connectivity index (χ0) is 23.6. The first-order valence-corrected chi connectivity index (χ1v) is 13.0. The molecule has 0 saturated heterocycles. The van der Waals surface area contributed by atoms with Crippen LogP contribution in [0.1, 0.15) is 28.7 Å². The number of hydrogen-bond donors (Lipinski definition) is 2. The smallest absolute Gasteiger partial charge is 0.200 e. The second-order valence-corrected chi connectivity index (χ2v) is 11.0. The molecule has 0 amide bonds. The van der Waals surface area contributed by atoms with Crippen LogP contribution in [0.4, 0.5) is 0 Å². The molecule has 0 bridgehead atoms. The Hall–Kier alpha value is -3.50. The van der Waals surface area contributed by atoms with Gasteiger partial charge in [-0.3, -0.25) is 0 Å². The van der Waals surface area contributed by atoms with Crippen molar-refractivity contribution in [3.8, 4) is 0 Å². The molecule has 0 fully saturated rings. The summed E-state index contributed by atoms with van der Waals surface area (Å²) in [6.07, 6.45) is 0.159. The Morgan fingerprint density at radius 1 is 0.606 bits per heavy atom. The molecule has 2 N–H and O–H groups in total. The van der Waals surface area contributed by atoms with Gasteiger partial charge in [0.2, 0.25) is 0 Å². The Bertz CT molecular complexity index is 1350. The van der Waals surface area contributed by atoms with Gasteiger partial charge in [0.15, 0.2) is 0 Å². The number of nitrogens with zero attached hydrogens (tertiary/aromatic N) is 2. The number of sulfonamides is 2. The highest BCUT2D eigenvalue weighted by molar-refractivity contribution is 7.89. The van der Waals surface area contributed by atoms with E-state index >= 15 is 0 Å². The van der Waals surface area contributed by atoms with Crippen LogP contribution in [0.25, 0.3) is 0 Å². The third-order valence-corrected chi connectivity index (χ3v) is 7.60. The van der Waals surface area contributed by atoms with Crippen LogP contribution in [0.3, 0.4) is 0 Å². The minimum atomic E-state index is -3.85. The fourth-order valence-electron chi connectivity index (χ4n) is 3.31. The Balaban J connectivity index is 1.59. The van der Waals surface area contributed by atoms with Crippen LogP contribution >= 0.6 is 0 Å². The van der Waals surface area contributed by atoms with Gasteiger partial charge in [0.1, 0.15) is 0 Å². The molecule has 33 heavy (non-hydrogen) atoms. The van der Waals surface area contributed by atoms with Crippen molar-refractivity contribution in [2.24, 2.45) is 10.2 Å². The highest BCUT2D eigenvalue weighted by Crippen LogP contribution is 2.23.